The van der Waals surface area contributed by atoms with Gasteiger partial charge in [0.2, 0.25) is 0 Å². The molecule has 2 atom stereocenters. The summed E-state index contributed by atoms with van der Waals surface area (Å²) >= 11 is 0. The summed E-state index contributed by atoms with van der Waals surface area (Å²) in [6.07, 6.45) is 0.458. The number of amides is 1. The summed E-state index contributed by atoms with van der Waals surface area (Å²) in [6.45, 7) is 5.99. The van der Waals surface area contributed by atoms with E-state index in [9.17, 15) is 13.2 Å². The molecule has 25 heavy (non-hydrogen) atoms. The molecule has 1 N–H and O–H groups in total. The number of methoxy groups -OCH3 is 1. The molecule has 9 heteroatoms. The van der Waals surface area contributed by atoms with Crippen molar-refractivity contribution in [3.63, 3.8) is 0 Å². The Hall–Kier alpha value is -1.61. The summed E-state index contributed by atoms with van der Waals surface area (Å²) < 4.78 is 29.1. The van der Waals surface area contributed by atoms with Crippen LogP contribution in [0, 0.1) is 5.92 Å². The average Bonchev–Trinajstić information content (AvgIpc) is 3.09. The zero-order valence-corrected chi connectivity index (χ0v) is 15.8. The summed E-state index contributed by atoms with van der Waals surface area (Å²) in [6, 6.07) is 1.50. The first-order valence-corrected chi connectivity index (χ1v) is 10.4. The fourth-order valence-electron chi connectivity index (χ4n) is 3.80. The number of nitrogens with one attached hydrogen (secondary N) is 1. The maximum atomic E-state index is 12.2. The van der Waals surface area contributed by atoms with Crippen LogP contribution < -0.4 is 0 Å². The van der Waals surface area contributed by atoms with Crippen LogP contribution in [0.15, 0.2) is 6.07 Å². The summed E-state index contributed by atoms with van der Waals surface area (Å²) in [4.78, 5) is 15.7. The molecule has 2 aliphatic heterocycles. The van der Waals surface area contributed by atoms with Gasteiger partial charge in [-0.1, -0.05) is 13.8 Å². The minimum atomic E-state index is -3.16. The van der Waals surface area contributed by atoms with Gasteiger partial charge in [-0.25, -0.2) is 13.2 Å². The highest BCUT2D eigenvalue weighted by Crippen LogP contribution is 2.28. The van der Waals surface area contributed by atoms with Crippen LogP contribution >= 0.6 is 0 Å². The number of fused-ring (bicyclic) bond motifs is 1. The van der Waals surface area contributed by atoms with Crippen LogP contribution in [0.4, 0.5) is 4.79 Å². The largest absolute Gasteiger partial charge is 0.453 e. The van der Waals surface area contributed by atoms with Crippen molar-refractivity contribution in [1.29, 1.82) is 0 Å². The highest BCUT2D eigenvalue weighted by atomic mass is 32.2. The average molecular weight is 370 g/mol. The molecule has 0 aliphatic carbocycles. The van der Waals surface area contributed by atoms with Crippen molar-refractivity contribution in [1.82, 2.24) is 20.0 Å². The fourth-order valence-corrected chi connectivity index (χ4v) is 5.81. The number of sulfone groups is 1. The first-order valence-electron chi connectivity index (χ1n) is 8.61. The second-order valence-electron chi connectivity index (χ2n) is 7.33. The summed E-state index contributed by atoms with van der Waals surface area (Å²) in [5.74, 6) is 0.618. The van der Waals surface area contributed by atoms with Crippen molar-refractivity contribution >= 4 is 15.9 Å². The van der Waals surface area contributed by atoms with Crippen molar-refractivity contribution < 1.29 is 17.9 Å². The van der Waals surface area contributed by atoms with Crippen LogP contribution in [0.3, 0.4) is 0 Å². The van der Waals surface area contributed by atoms with Crippen molar-refractivity contribution in [2.24, 2.45) is 5.92 Å². The van der Waals surface area contributed by atoms with Crippen molar-refractivity contribution in [2.75, 3.05) is 31.7 Å². The van der Waals surface area contributed by atoms with E-state index >= 15 is 0 Å². The molecule has 1 aromatic heterocycles. The summed E-state index contributed by atoms with van der Waals surface area (Å²) in [5, 5.41) is 7.40. The van der Waals surface area contributed by atoms with E-state index in [0.29, 0.717) is 25.6 Å². The van der Waals surface area contributed by atoms with Gasteiger partial charge in [0.1, 0.15) is 0 Å². The monoisotopic (exact) mass is 370 g/mol. The predicted molar refractivity (Wildman–Crippen MR) is 92.9 cm³/mol. The molecule has 0 radical (unpaired) electrons. The fraction of sp³-hybridized carbons (Fsp3) is 0.750. The number of nitrogens with zero attached hydrogens (tertiary/aromatic N) is 3. The highest BCUT2D eigenvalue weighted by Gasteiger charge is 2.48. The van der Waals surface area contributed by atoms with Crippen LogP contribution in [0.2, 0.25) is 0 Å². The SMILES string of the molecule is COC(=O)N1CCN(Cc2cc(CC(C)C)n[nH]2)[C@H]2CS(=O)(=O)C[C@H]21. The second-order valence-corrected chi connectivity index (χ2v) is 9.48. The number of piperazine rings is 1. The molecule has 8 nitrogen and oxygen atoms in total. The standard InChI is InChI=1S/C16H26N4O4S/c1-11(2)6-12-7-13(18-17-12)8-19-4-5-20(16(21)24-3)15-10-25(22,23)9-14(15)19/h7,11,14-15H,4-6,8-10H2,1-3H3,(H,17,18)/t14-,15+/m0/s1. The predicted octanol–water partition coefficient (Wildman–Crippen LogP) is 0.658. The Balaban J connectivity index is 1.74. The number of hydrogen-bond acceptors (Lipinski definition) is 6. The van der Waals surface area contributed by atoms with Gasteiger partial charge in [-0.2, -0.15) is 5.10 Å². The number of carbonyl (C=O) groups is 1. The molecule has 0 aromatic carbocycles. The first-order chi connectivity index (χ1) is 11.8. The Morgan fingerprint density at radius 1 is 1.36 bits per heavy atom. The molecule has 140 valence electrons. The first kappa shape index (κ1) is 18.2. The van der Waals surface area contributed by atoms with Crippen LogP contribution in [0.1, 0.15) is 25.2 Å². The molecule has 3 heterocycles. The number of hydrogen-bond donors (Lipinski definition) is 1. The Morgan fingerprint density at radius 3 is 2.76 bits per heavy atom. The number of aromatic nitrogens is 2. The number of aromatic amines is 1. The van der Waals surface area contributed by atoms with Crippen LogP contribution in [-0.4, -0.2) is 78.3 Å². The number of rotatable bonds is 4. The third kappa shape index (κ3) is 3.98. The van der Waals surface area contributed by atoms with E-state index in [2.05, 4.69) is 28.9 Å². The zero-order valence-electron chi connectivity index (χ0n) is 14.9. The minimum absolute atomic E-state index is 0.00480. The van der Waals surface area contributed by atoms with Crippen LogP contribution in [0.25, 0.3) is 0 Å². The number of H-pyrrole nitrogens is 1. The van der Waals surface area contributed by atoms with E-state index < -0.39 is 15.9 Å². The highest BCUT2D eigenvalue weighted by molar-refractivity contribution is 7.91. The van der Waals surface area contributed by atoms with Gasteiger partial charge in [0.15, 0.2) is 9.84 Å². The van der Waals surface area contributed by atoms with Gasteiger partial charge in [-0.15, -0.1) is 0 Å². The van der Waals surface area contributed by atoms with Gasteiger partial charge in [0.05, 0.1) is 30.4 Å². The van der Waals surface area contributed by atoms with Crippen LogP contribution in [0.5, 0.6) is 0 Å². The van der Waals surface area contributed by atoms with Gasteiger partial charge in [-0.05, 0) is 18.4 Å². The molecule has 2 saturated heterocycles. The minimum Gasteiger partial charge on any atom is -0.453 e. The third-order valence-electron chi connectivity index (χ3n) is 4.87. The van der Waals surface area contributed by atoms with E-state index in [1.54, 1.807) is 4.90 Å². The van der Waals surface area contributed by atoms with E-state index in [1.165, 1.54) is 7.11 Å². The molecule has 3 rings (SSSR count). The lowest BCUT2D eigenvalue weighted by Gasteiger charge is -2.42. The Morgan fingerprint density at radius 2 is 2.08 bits per heavy atom. The Bertz CT molecular complexity index is 730. The lowest BCUT2D eigenvalue weighted by Crippen LogP contribution is -2.60. The maximum Gasteiger partial charge on any atom is 0.409 e. The quantitative estimate of drug-likeness (QED) is 0.836. The van der Waals surface area contributed by atoms with E-state index in [4.69, 9.17) is 4.74 Å². The molecule has 0 bridgehead atoms. The van der Waals surface area contributed by atoms with Crippen molar-refractivity contribution in [3.05, 3.63) is 17.5 Å². The van der Waals surface area contributed by atoms with Crippen LogP contribution in [-0.2, 0) is 27.5 Å². The molecule has 1 aromatic rings. The maximum absolute atomic E-state index is 12.2. The molecule has 0 spiro atoms. The summed E-state index contributed by atoms with van der Waals surface area (Å²) in [7, 11) is -1.83. The smallest absolute Gasteiger partial charge is 0.409 e. The normalized spacial score (nSPS) is 26.0. The van der Waals surface area contributed by atoms with Crippen molar-refractivity contribution in [3.8, 4) is 0 Å². The van der Waals surface area contributed by atoms with Gasteiger partial charge < -0.3 is 9.64 Å². The molecular formula is C16H26N4O4S. The van der Waals surface area contributed by atoms with E-state index in [-0.39, 0.29) is 23.6 Å². The Labute approximate surface area is 148 Å². The van der Waals surface area contributed by atoms with E-state index in [0.717, 1.165) is 17.8 Å². The molecular weight excluding hydrogens is 344 g/mol. The molecule has 2 fully saturated rings. The molecule has 2 aliphatic rings. The molecule has 0 saturated carbocycles. The third-order valence-corrected chi connectivity index (χ3v) is 6.57. The zero-order chi connectivity index (χ0) is 18.2. The van der Waals surface area contributed by atoms with Gasteiger partial charge in [0.25, 0.3) is 0 Å². The molecule has 1 amide bonds. The van der Waals surface area contributed by atoms with Crippen molar-refractivity contribution in [2.45, 2.75) is 38.9 Å². The lowest BCUT2D eigenvalue weighted by atomic mass is 10.0. The second kappa shape index (κ2) is 6.95. The topological polar surface area (TPSA) is 95.6 Å². The van der Waals surface area contributed by atoms with E-state index in [1.807, 2.05) is 6.07 Å². The number of ether oxygens (including phenoxy) is 1. The molecule has 0 unspecified atom stereocenters. The number of carbonyl (C=O) groups excluding carboxylic acids is 1. The summed E-state index contributed by atoms with van der Waals surface area (Å²) in [5.41, 5.74) is 2.00. The Kier molecular flexibility index (Phi) is 5.06. The van der Waals surface area contributed by atoms with Gasteiger partial charge >= 0.3 is 6.09 Å². The lowest BCUT2D eigenvalue weighted by molar-refractivity contribution is 0.0340. The van der Waals surface area contributed by atoms with Gasteiger partial charge in [-0.3, -0.25) is 10.00 Å². The van der Waals surface area contributed by atoms with Gasteiger partial charge in [0, 0.05) is 31.4 Å².